The van der Waals surface area contributed by atoms with Crippen molar-refractivity contribution in [1.29, 1.82) is 5.26 Å². The molecule has 1 aliphatic heterocycles. The van der Waals surface area contributed by atoms with Crippen LogP contribution in [0.3, 0.4) is 0 Å². The predicted octanol–water partition coefficient (Wildman–Crippen LogP) is 4.39. The first-order chi connectivity index (χ1) is 10.4. The van der Waals surface area contributed by atoms with E-state index < -0.39 is 11.4 Å². The standard InChI is InChI=1S/C18H17FN2O/c1-11-21-17-7-5-13(9-15(17)18(2,3)22-11)12-4-6-16(19)14(8-12)10-20/h4-9,11,21H,1-3H3. The molecule has 0 radical (unpaired) electrons. The van der Waals surface area contributed by atoms with Crippen LogP contribution >= 0.6 is 0 Å². The first-order valence-corrected chi connectivity index (χ1v) is 7.19. The Morgan fingerprint density at radius 1 is 1.18 bits per heavy atom. The van der Waals surface area contributed by atoms with Crippen molar-refractivity contribution in [2.24, 2.45) is 0 Å². The van der Waals surface area contributed by atoms with Gasteiger partial charge in [0.05, 0.1) is 11.2 Å². The maximum Gasteiger partial charge on any atom is 0.140 e. The molecule has 0 spiro atoms. The van der Waals surface area contributed by atoms with E-state index in [2.05, 4.69) is 5.32 Å². The van der Waals surface area contributed by atoms with Gasteiger partial charge < -0.3 is 10.1 Å². The van der Waals surface area contributed by atoms with E-state index in [1.807, 2.05) is 45.0 Å². The van der Waals surface area contributed by atoms with E-state index in [-0.39, 0.29) is 11.8 Å². The summed E-state index contributed by atoms with van der Waals surface area (Å²) in [7, 11) is 0. The number of benzene rings is 2. The van der Waals surface area contributed by atoms with Crippen molar-refractivity contribution in [3.8, 4) is 17.2 Å². The van der Waals surface area contributed by atoms with Crippen molar-refractivity contribution < 1.29 is 9.13 Å². The van der Waals surface area contributed by atoms with E-state index >= 15 is 0 Å². The highest BCUT2D eigenvalue weighted by molar-refractivity contribution is 5.71. The largest absolute Gasteiger partial charge is 0.360 e. The zero-order chi connectivity index (χ0) is 15.9. The van der Waals surface area contributed by atoms with Crippen LogP contribution in [-0.4, -0.2) is 6.23 Å². The summed E-state index contributed by atoms with van der Waals surface area (Å²) in [4.78, 5) is 0. The first kappa shape index (κ1) is 14.6. The maximum absolute atomic E-state index is 13.5. The van der Waals surface area contributed by atoms with Gasteiger partial charge in [-0.05, 0) is 56.2 Å². The molecule has 0 bridgehead atoms. The molecule has 22 heavy (non-hydrogen) atoms. The Morgan fingerprint density at radius 2 is 1.86 bits per heavy atom. The molecule has 1 atom stereocenters. The number of nitrogens with zero attached hydrogens (tertiary/aromatic N) is 1. The van der Waals surface area contributed by atoms with Gasteiger partial charge in [0, 0.05) is 11.3 Å². The average Bonchev–Trinajstić information content (AvgIpc) is 2.46. The zero-order valence-corrected chi connectivity index (χ0v) is 12.8. The lowest BCUT2D eigenvalue weighted by molar-refractivity contribution is -0.0632. The zero-order valence-electron chi connectivity index (χ0n) is 12.8. The highest BCUT2D eigenvalue weighted by Gasteiger charge is 2.31. The van der Waals surface area contributed by atoms with Crippen LogP contribution in [0.15, 0.2) is 36.4 Å². The molecule has 1 heterocycles. The molecule has 1 aliphatic rings. The fraction of sp³-hybridized carbons (Fsp3) is 0.278. The topological polar surface area (TPSA) is 45.0 Å². The molecule has 3 rings (SSSR count). The Bertz CT molecular complexity index is 777. The number of nitrogens with one attached hydrogen (secondary N) is 1. The summed E-state index contributed by atoms with van der Waals surface area (Å²) in [5.41, 5.74) is 3.48. The number of rotatable bonds is 1. The molecule has 0 amide bonds. The molecule has 112 valence electrons. The molecule has 0 saturated heterocycles. The second-order valence-electron chi connectivity index (χ2n) is 5.98. The minimum atomic E-state index is -0.497. The molecule has 3 nitrogen and oxygen atoms in total. The fourth-order valence-corrected chi connectivity index (χ4v) is 2.89. The SMILES string of the molecule is CC1Nc2ccc(-c3ccc(F)c(C#N)c3)cc2C(C)(C)O1. The van der Waals surface area contributed by atoms with E-state index in [1.165, 1.54) is 6.07 Å². The van der Waals surface area contributed by atoms with Crippen LogP contribution in [0, 0.1) is 17.1 Å². The third kappa shape index (κ3) is 2.44. The van der Waals surface area contributed by atoms with Crippen molar-refractivity contribution in [2.45, 2.75) is 32.6 Å². The number of nitriles is 1. The third-order valence-corrected chi connectivity index (χ3v) is 3.92. The smallest absolute Gasteiger partial charge is 0.140 e. The Morgan fingerprint density at radius 3 is 2.59 bits per heavy atom. The van der Waals surface area contributed by atoms with E-state index in [9.17, 15) is 4.39 Å². The van der Waals surface area contributed by atoms with Crippen LogP contribution in [0.2, 0.25) is 0 Å². The van der Waals surface area contributed by atoms with Crippen molar-refractivity contribution in [2.75, 3.05) is 5.32 Å². The minimum absolute atomic E-state index is 0.0515. The maximum atomic E-state index is 13.5. The highest BCUT2D eigenvalue weighted by atomic mass is 19.1. The van der Waals surface area contributed by atoms with Gasteiger partial charge in [0.1, 0.15) is 18.1 Å². The molecule has 0 aliphatic carbocycles. The van der Waals surface area contributed by atoms with Crippen molar-refractivity contribution >= 4 is 5.69 Å². The lowest BCUT2D eigenvalue weighted by atomic mass is 9.90. The van der Waals surface area contributed by atoms with Gasteiger partial charge >= 0.3 is 0 Å². The van der Waals surface area contributed by atoms with Crippen LogP contribution in [0.4, 0.5) is 10.1 Å². The summed E-state index contributed by atoms with van der Waals surface area (Å²) in [6.45, 7) is 6.02. The van der Waals surface area contributed by atoms with Gasteiger partial charge in [0.2, 0.25) is 0 Å². The minimum Gasteiger partial charge on any atom is -0.360 e. The van der Waals surface area contributed by atoms with Crippen LogP contribution < -0.4 is 5.32 Å². The molecule has 2 aromatic carbocycles. The summed E-state index contributed by atoms with van der Waals surface area (Å²) >= 11 is 0. The summed E-state index contributed by atoms with van der Waals surface area (Å²) < 4.78 is 19.4. The quantitative estimate of drug-likeness (QED) is 0.849. The fourth-order valence-electron chi connectivity index (χ4n) is 2.89. The molecule has 2 aromatic rings. The molecule has 1 unspecified atom stereocenters. The van der Waals surface area contributed by atoms with Crippen molar-refractivity contribution in [3.63, 3.8) is 0 Å². The summed E-state index contributed by atoms with van der Waals surface area (Å²) in [6, 6.07) is 12.5. The number of fused-ring (bicyclic) bond motifs is 1. The van der Waals surface area contributed by atoms with E-state index in [0.29, 0.717) is 0 Å². The van der Waals surface area contributed by atoms with E-state index in [0.717, 1.165) is 22.4 Å². The Kier molecular flexibility index (Phi) is 3.38. The average molecular weight is 296 g/mol. The Hall–Kier alpha value is -2.38. The summed E-state index contributed by atoms with van der Waals surface area (Å²) in [5, 5.41) is 12.3. The molecule has 1 N–H and O–H groups in total. The second kappa shape index (κ2) is 5.11. The number of ether oxygens (including phenoxy) is 1. The molecule has 4 heteroatoms. The van der Waals surface area contributed by atoms with Gasteiger partial charge in [-0.25, -0.2) is 4.39 Å². The van der Waals surface area contributed by atoms with Crippen LogP contribution in [0.25, 0.3) is 11.1 Å². The number of hydrogen-bond acceptors (Lipinski definition) is 3. The van der Waals surface area contributed by atoms with Crippen LogP contribution in [0.5, 0.6) is 0 Å². The molecular weight excluding hydrogens is 279 g/mol. The molecule has 0 aromatic heterocycles. The van der Waals surface area contributed by atoms with Gasteiger partial charge in [0.25, 0.3) is 0 Å². The Balaban J connectivity index is 2.10. The highest BCUT2D eigenvalue weighted by Crippen LogP contribution is 2.39. The third-order valence-electron chi connectivity index (χ3n) is 3.92. The summed E-state index contributed by atoms with van der Waals surface area (Å²) in [5.74, 6) is -0.497. The lowest BCUT2D eigenvalue weighted by Crippen LogP contribution is -2.37. The van der Waals surface area contributed by atoms with Crippen molar-refractivity contribution in [1.82, 2.24) is 0 Å². The van der Waals surface area contributed by atoms with Gasteiger partial charge in [-0.3, -0.25) is 0 Å². The first-order valence-electron chi connectivity index (χ1n) is 7.19. The monoisotopic (exact) mass is 296 g/mol. The number of halogens is 1. The van der Waals surface area contributed by atoms with Crippen LogP contribution in [-0.2, 0) is 10.3 Å². The number of hydrogen-bond donors (Lipinski definition) is 1. The predicted molar refractivity (Wildman–Crippen MR) is 83.7 cm³/mol. The van der Waals surface area contributed by atoms with Gasteiger partial charge in [-0.2, -0.15) is 5.26 Å². The molecule has 0 fully saturated rings. The second-order valence-corrected chi connectivity index (χ2v) is 5.98. The van der Waals surface area contributed by atoms with Crippen LogP contribution in [0.1, 0.15) is 31.9 Å². The lowest BCUT2D eigenvalue weighted by Gasteiger charge is -2.38. The van der Waals surface area contributed by atoms with Crippen molar-refractivity contribution in [3.05, 3.63) is 53.3 Å². The van der Waals surface area contributed by atoms with E-state index in [1.54, 1.807) is 12.1 Å². The summed E-state index contributed by atoms with van der Waals surface area (Å²) in [6.07, 6.45) is -0.0515. The normalized spacial score (nSPS) is 19.0. The molecule has 0 saturated carbocycles. The molecular formula is C18H17FN2O. The Labute approximate surface area is 129 Å². The van der Waals surface area contributed by atoms with E-state index in [4.69, 9.17) is 10.00 Å². The van der Waals surface area contributed by atoms with Gasteiger partial charge in [-0.1, -0.05) is 12.1 Å². The van der Waals surface area contributed by atoms with Gasteiger partial charge in [0.15, 0.2) is 0 Å². The number of anilines is 1. The van der Waals surface area contributed by atoms with Gasteiger partial charge in [-0.15, -0.1) is 0 Å².